The number of benzene rings is 1. The third-order valence-electron chi connectivity index (χ3n) is 7.01. The summed E-state index contributed by atoms with van der Waals surface area (Å²) in [5.74, 6) is -1.37. The lowest BCUT2D eigenvalue weighted by Gasteiger charge is -2.44. The van der Waals surface area contributed by atoms with Crippen LogP contribution in [0.2, 0.25) is 0 Å². The van der Waals surface area contributed by atoms with Gasteiger partial charge in [0.05, 0.1) is 0 Å². The molecule has 1 aromatic carbocycles. The normalized spacial score (nSPS) is 20.7. The first-order chi connectivity index (χ1) is 17.6. The Morgan fingerprint density at radius 3 is 2.27 bits per heavy atom. The SMILES string of the molecule is CNC(=O)c1ccc([C@H](C(=O)NC(C)C)N2C(=O)[C@@H](C3Cc4ccccc4C3)NC(=O)[C@H]2CC(C)C)o1. The monoisotopic (exact) mass is 508 g/mol. The lowest BCUT2D eigenvalue weighted by Crippen LogP contribution is -2.67. The second kappa shape index (κ2) is 10.8. The average molecular weight is 509 g/mol. The molecule has 198 valence electrons. The van der Waals surface area contributed by atoms with Gasteiger partial charge in [-0.25, -0.2) is 0 Å². The van der Waals surface area contributed by atoms with Gasteiger partial charge in [0.1, 0.15) is 17.8 Å². The molecule has 1 saturated heterocycles. The Kier molecular flexibility index (Phi) is 7.71. The maximum atomic E-state index is 14.2. The number of nitrogens with one attached hydrogen (secondary N) is 3. The molecule has 4 amide bonds. The minimum absolute atomic E-state index is 0.0250. The standard InChI is InChI=1S/C28H36N4O5/c1-15(2)12-20-25(33)31-23(19-13-17-8-6-7-9-18(17)14-19)28(36)32(20)24(27(35)30-16(3)4)21-10-11-22(37-21)26(34)29-5/h6-11,15-16,19-20,23-24H,12-14H2,1-5H3,(H,29,34)(H,30,35)(H,31,33)/t20-,23-,24-/m1/s1. The number of furan rings is 1. The highest BCUT2D eigenvalue weighted by molar-refractivity contribution is 6.00. The zero-order valence-corrected chi connectivity index (χ0v) is 22.0. The summed E-state index contributed by atoms with van der Waals surface area (Å²) in [6, 6.07) is 8.01. The Labute approximate surface area is 217 Å². The van der Waals surface area contributed by atoms with Gasteiger partial charge in [-0.05, 0) is 68.2 Å². The Bertz CT molecular complexity index is 1160. The van der Waals surface area contributed by atoms with Crippen LogP contribution < -0.4 is 16.0 Å². The van der Waals surface area contributed by atoms with Crippen molar-refractivity contribution in [1.82, 2.24) is 20.9 Å². The van der Waals surface area contributed by atoms with Gasteiger partial charge in [-0.15, -0.1) is 0 Å². The zero-order chi connectivity index (χ0) is 26.9. The third kappa shape index (κ3) is 5.40. The second-order valence-corrected chi connectivity index (χ2v) is 10.7. The number of rotatable bonds is 8. The van der Waals surface area contributed by atoms with Gasteiger partial charge in [-0.1, -0.05) is 38.1 Å². The molecule has 1 fully saturated rings. The van der Waals surface area contributed by atoms with Crippen molar-refractivity contribution in [2.45, 2.75) is 71.1 Å². The minimum Gasteiger partial charge on any atom is -0.453 e. The molecule has 0 unspecified atom stereocenters. The lowest BCUT2D eigenvalue weighted by molar-refractivity contribution is -0.158. The Balaban J connectivity index is 1.75. The fraction of sp³-hybridized carbons (Fsp3) is 0.500. The maximum Gasteiger partial charge on any atom is 0.286 e. The van der Waals surface area contributed by atoms with E-state index in [1.54, 1.807) is 0 Å². The number of piperazine rings is 1. The quantitative estimate of drug-likeness (QED) is 0.506. The molecule has 1 aliphatic heterocycles. The van der Waals surface area contributed by atoms with Crippen molar-refractivity contribution in [2.24, 2.45) is 11.8 Å². The summed E-state index contributed by atoms with van der Waals surface area (Å²) in [6.07, 6.45) is 1.71. The highest BCUT2D eigenvalue weighted by Gasteiger charge is 2.50. The molecular weight excluding hydrogens is 472 g/mol. The first-order valence-electron chi connectivity index (χ1n) is 12.9. The van der Waals surface area contributed by atoms with Crippen molar-refractivity contribution in [3.8, 4) is 0 Å². The first kappa shape index (κ1) is 26.4. The summed E-state index contributed by atoms with van der Waals surface area (Å²) in [5, 5.41) is 8.36. The average Bonchev–Trinajstić information content (AvgIpc) is 3.49. The van der Waals surface area contributed by atoms with Crippen molar-refractivity contribution < 1.29 is 23.6 Å². The van der Waals surface area contributed by atoms with Crippen molar-refractivity contribution in [3.63, 3.8) is 0 Å². The highest BCUT2D eigenvalue weighted by atomic mass is 16.4. The van der Waals surface area contributed by atoms with Crippen LogP contribution >= 0.6 is 0 Å². The lowest BCUT2D eigenvalue weighted by atomic mass is 9.88. The molecule has 9 heteroatoms. The molecule has 37 heavy (non-hydrogen) atoms. The van der Waals surface area contributed by atoms with Gasteiger partial charge in [0, 0.05) is 13.1 Å². The van der Waals surface area contributed by atoms with Crippen LogP contribution in [0.5, 0.6) is 0 Å². The van der Waals surface area contributed by atoms with E-state index >= 15 is 0 Å². The number of hydrogen-bond donors (Lipinski definition) is 3. The molecule has 4 rings (SSSR count). The van der Waals surface area contributed by atoms with Crippen LogP contribution in [0.25, 0.3) is 0 Å². The van der Waals surface area contributed by atoms with Crippen LogP contribution in [0.3, 0.4) is 0 Å². The zero-order valence-electron chi connectivity index (χ0n) is 22.0. The van der Waals surface area contributed by atoms with Gasteiger partial charge in [0.15, 0.2) is 11.8 Å². The van der Waals surface area contributed by atoms with E-state index in [0.29, 0.717) is 19.3 Å². The van der Waals surface area contributed by atoms with Crippen LogP contribution in [0.15, 0.2) is 40.8 Å². The molecule has 3 atom stereocenters. The molecular formula is C28H36N4O5. The van der Waals surface area contributed by atoms with Crippen LogP contribution in [0.4, 0.5) is 0 Å². The Hall–Kier alpha value is -3.62. The van der Waals surface area contributed by atoms with Gasteiger partial charge in [-0.3, -0.25) is 19.2 Å². The van der Waals surface area contributed by atoms with E-state index in [4.69, 9.17) is 4.42 Å². The molecule has 0 saturated carbocycles. The number of fused-ring (bicyclic) bond motifs is 1. The largest absolute Gasteiger partial charge is 0.453 e. The number of carbonyl (C=O) groups excluding carboxylic acids is 4. The second-order valence-electron chi connectivity index (χ2n) is 10.7. The van der Waals surface area contributed by atoms with E-state index in [1.807, 2.05) is 52.0 Å². The van der Waals surface area contributed by atoms with Gasteiger partial charge in [-0.2, -0.15) is 0 Å². The number of amides is 4. The van der Waals surface area contributed by atoms with Gasteiger partial charge < -0.3 is 25.3 Å². The minimum atomic E-state index is -1.20. The fourth-order valence-corrected chi connectivity index (χ4v) is 5.38. The molecule has 0 spiro atoms. The summed E-state index contributed by atoms with van der Waals surface area (Å²) in [4.78, 5) is 54.9. The van der Waals surface area contributed by atoms with Crippen molar-refractivity contribution in [2.75, 3.05) is 7.05 Å². The summed E-state index contributed by atoms with van der Waals surface area (Å²) >= 11 is 0. The topological polar surface area (TPSA) is 121 Å². The highest BCUT2D eigenvalue weighted by Crippen LogP contribution is 2.35. The third-order valence-corrected chi connectivity index (χ3v) is 7.01. The molecule has 1 aliphatic carbocycles. The molecule has 2 aliphatic rings. The first-order valence-corrected chi connectivity index (χ1v) is 12.9. The van der Waals surface area contributed by atoms with Gasteiger partial charge in [0.25, 0.3) is 11.8 Å². The molecule has 3 N–H and O–H groups in total. The molecule has 0 bridgehead atoms. The number of carbonyl (C=O) groups is 4. The van der Waals surface area contributed by atoms with Crippen LogP contribution in [0.1, 0.15) is 67.6 Å². The molecule has 9 nitrogen and oxygen atoms in total. The van der Waals surface area contributed by atoms with Gasteiger partial charge in [0.2, 0.25) is 11.8 Å². The van der Waals surface area contributed by atoms with E-state index in [9.17, 15) is 19.2 Å². The predicted octanol–water partition coefficient (Wildman–Crippen LogP) is 2.36. The van der Waals surface area contributed by atoms with E-state index in [2.05, 4.69) is 16.0 Å². The Morgan fingerprint density at radius 1 is 1.05 bits per heavy atom. The summed E-state index contributed by atoms with van der Waals surface area (Å²) in [5.41, 5.74) is 2.33. The van der Waals surface area contributed by atoms with Crippen LogP contribution in [-0.4, -0.2) is 53.7 Å². The predicted molar refractivity (Wildman–Crippen MR) is 137 cm³/mol. The number of hydrogen-bond acceptors (Lipinski definition) is 5. The van der Waals surface area contributed by atoms with E-state index < -0.39 is 29.9 Å². The molecule has 0 radical (unpaired) electrons. The van der Waals surface area contributed by atoms with Crippen LogP contribution in [-0.2, 0) is 27.2 Å². The molecule has 2 aromatic rings. The Morgan fingerprint density at radius 2 is 1.70 bits per heavy atom. The van der Waals surface area contributed by atoms with Crippen molar-refractivity contribution in [3.05, 3.63) is 59.0 Å². The smallest absolute Gasteiger partial charge is 0.286 e. The van der Waals surface area contributed by atoms with E-state index in [0.717, 1.165) is 0 Å². The van der Waals surface area contributed by atoms with Crippen LogP contribution in [0, 0.1) is 11.8 Å². The summed E-state index contributed by atoms with van der Waals surface area (Å²) in [7, 11) is 1.48. The summed E-state index contributed by atoms with van der Waals surface area (Å²) < 4.78 is 5.80. The number of nitrogens with zero attached hydrogens (tertiary/aromatic N) is 1. The molecule has 2 heterocycles. The van der Waals surface area contributed by atoms with Crippen molar-refractivity contribution >= 4 is 23.6 Å². The fourth-order valence-electron chi connectivity index (χ4n) is 5.38. The van der Waals surface area contributed by atoms with E-state index in [1.165, 1.54) is 35.2 Å². The van der Waals surface area contributed by atoms with Crippen molar-refractivity contribution in [1.29, 1.82) is 0 Å². The van der Waals surface area contributed by atoms with Gasteiger partial charge >= 0.3 is 0 Å². The summed E-state index contributed by atoms with van der Waals surface area (Å²) in [6.45, 7) is 7.58. The molecule has 1 aromatic heterocycles. The maximum absolute atomic E-state index is 14.2. The van der Waals surface area contributed by atoms with E-state index in [-0.39, 0.29) is 41.2 Å².